The normalized spacial score (nSPS) is 14.2. The smallest absolute Gasteiger partial charge is 0.144 e. The van der Waals surface area contributed by atoms with Crippen LogP contribution in [0.15, 0.2) is 22.6 Å². The number of hydrogen-bond acceptors (Lipinski definition) is 3. The van der Waals surface area contributed by atoms with Gasteiger partial charge in [-0.2, -0.15) is 0 Å². The van der Waals surface area contributed by atoms with E-state index in [4.69, 9.17) is 4.74 Å². The predicted molar refractivity (Wildman–Crippen MR) is 101 cm³/mol. The number of rotatable bonds is 7. The number of hydrogen-bond donors (Lipinski definition) is 0. The molecule has 0 saturated heterocycles. The van der Waals surface area contributed by atoms with Crippen LogP contribution in [0.5, 0.6) is 5.75 Å². The summed E-state index contributed by atoms with van der Waals surface area (Å²) in [5.41, 5.74) is 3.40. The largest absolute Gasteiger partial charge is 0.591 e. The maximum Gasteiger partial charge on any atom is 0.144 e. The van der Waals surface area contributed by atoms with Crippen molar-refractivity contribution in [1.29, 1.82) is 0 Å². The van der Waals surface area contributed by atoms with Crippen LogP contribution in [0.1, 0.15) is 66.0 Å². The van der Waals surface area contributed by atoms with E-state index in [0.29, 0.717) is 0 Å². The fraction of sp³-hybridized carbons (Fsp3) is 0.632. The SMILES string of the molecule is CCc1ccc(CCC(C)=N[S+]([O-])C(C)(C)C)cc1OC(C)C. The molecular formula is C19H31NO2S. The molecule has 130 valence electrons. The molecule has 0 amide bonds. The Balaban J connectivity index is 2.76. The summed E-state index contributed by atoms with van der Waals surface area (Å²) in [5.74, 6) is 0.979. The summed E-state index contributed by atoms with van der Waals surface area (Å²) in [6, 6.07) is 6.43. The number of aryl methyl sites for hydroxylation is 2. The molecule has 0 N–H and O–H groups in total. The van der Waals surface area contributed by atoms with Crippen molar-refractivity contribution in [2.75, 3.05) is 0 Å². The topological polar surface area (TPSA) is 44.7 Å². The molecule has 0 fully saturated rings. The molecule has 1 rings (SSSR count). The van der Waals surface area contributed by atoms with Crippen molar-refractivity contribution in [3.8, 4) is 5.75 Å². The first-order valence-corrected chi connectivity index (χ1v) is 9.48. The Labute approximate surface area is 144 Å². The molecule has 1 atom stereocenters. The van der Waals surface area contributed by atoms with Crippen molar-refractivity contribution in [2.24, 2.45) is 4.40 Å². The second-order valence-electron chi connectivity index (χ2n) is 7.15. The highest BCUT2D eigenvalue weighted by atomic mass is 32.2. The third-order valence-corrected chi connectivity index (χ3v) is 4.94. The van der Waals surface area contributed by atoms with Crippen molar-refractivity contribution in [2.45, 2.75) is 78.6 Å². The van der Waals surface area contributed by atoms with Gasteiger partial charge in [0.2, 0.25) is 0 Å². The Kier molecular flexibility index (Phi) is 7.62. The van der Waals surface area contributed by atoms with Crippen LogP contribution in [-0.2, 0) is 24.2 Å². The van der Waals surface area contributed by atoms with Gasteiger partial charge in [-0.3, -0.25) is 0 Å². The molecule has 1 aromatic rings. The second-order valence-corrected chi connectivity index (χ2v) is 9.06. The van der Waals surface area contributed by atoms with Crippen molar-refractivity contribution >= 4 is 17.1 Å². The molecule has 1 unspecified atom stereocenters. The molecule has 0 aliphatic carbocycles. The summed E-state index contributed by atoms with van der Waals surface area (Å²) in [7, 11) is 0. The molecule has 4 heteroatoms. The molecule has 0 saturated carbocycles. The number of ether oxygens (including phenoxy) is 1. The number of nitrogens with zero attached hydrogens (tertiary/aromatic N) is 1. The average Bonchev–Trinajstić information content (AvgIpc) is 2.43. The standard InChI is InChI=1S/C19H31NO2S/c1-8-17-12-11-16(13-18(17)22-14(2)3)10-9-15(4)20-23(21)19(5,6)7/h11-14H,8-10H2,1-7H3. The Morgan fingerprint density at radius 1 is 1.30 bits per heavy atom. The second kappa shape index (κ2) is 8.74. The minimum Gasteiger partial charge on any atom is -0.591 e. The van der Waals surface area contributed by atoms with Gasteiger partial charge in [-0.15, -0.1) is 0 Å². The van der Waals surface area contributed by atoms with Gasteiger partial charge in [0.25, 0.3) is 0 Å². The Morgan fingerprint density at radius 3 is 2.48 bits per heavy atom. The van der Waals surface area contributed by atoms with Crippen molar-refractivity contribution in [3.63, 3.8) is 0 Å². The van der Waals surface area contributed by atoms with Crippen LogP contribution in [0, 0.1) is 0 Å². The van der Waals surface area contributed by atoms with E-state index < -0.39 is 11.4 Å². The fourth-order valence-corrected chi connectivity index (χ4v) is 2.71. The van der Waals surface area contributed by atoms with Crippen LogP contribution in [0.2, 0.25) is 0 Å². The Bertz CT molecular complexity index is 533. The third-order valence-electron chi connectivity index (χ3n) is 3.41. The number of benzene rings is 1. The zero-order valence-corrected chi connectivity index (χ0v) is 16.4. The lowest BCUT2D eigenvalue weighted by atomic mass is 10.0. The van der Waals surface area contributed by atoms with Crippen LogP contribution in [0.3, 0.4) is 0 Å². The van der Waals surface area contributed by atoms with E-state index >= 15 is 0 Å². The zero-order chi connectivity index (χ0) is 17.6. The van der Waals surface area contributed by atoms with Gasteiger partial charge < -0.3 is 9.29 Å². The van der Waals surface area contributed by atoms with Crippen molar-refractivity contribution in [1.82, 2.24) is 0 Å². The van der Waals surface area contributed by atoms with Gasteiger partial charge in [-0.05, 0) is 78.0 Å². The maximum atomic E-state index is 12.0. The molecule has 0 heterocycles. The lowest BCUT2D eigenvalue weighted by Crippen LogP contribution is -2.26. The summed E-state index contributed by atoms with van der Waals surface area (Å²) < 4.78 is 22.0. The summed E-state index contributed by atoms with van der Waals surface area (Å²) in [4.78, 5) is 0. The molecule has 0 aromatic heterocycles. The van der Waals surface area contributed by atoms with Gasteiger partial charge in [-0.1, -0.05) is 23.5 Å². The first-order valence-electron chi connectivity index (χ1n) is 8.38. The van der Waals surface area contributed by atoms with E-state index in [1.54, 1.807) is 0 Å². The molecule has 0 aliphatic heterocycles. The lowest BCUT2D eigenvalue weighted by molar-refractivity contribution is 0.240. The molecule has 23 heavy (non-hydrogen) atoms. The molecule has 0 spiro atoms. The molecule has 0 aliphatic rings. The van der Waals surface area contributed by atoms with Gasteiger partial charge in [-0.25, -0.2) is 0 Å². The summed E-state index contributed by atoms with van der Waals surface area (Å²) in [6.45, 7) is 14.0. The molecule has 3 nitrogen and oxygen atoms in total. The van der Waals surface area contributed by atoms with Gasteiger partial charge >= 0.3 is 0 Å². The van der Waals surface area contributed by atoms with E-state index in [0.717, 1.165) is 30.7 Å². The molecule has 1 aromatic carbocycles. The molecule has 0 bridgehead atoms. The van der Waals surface area contributed by atoms with Gasteiger partial charge in [0, 0.05) is 0 Å². The van der Waals surface area contributed by atoms with E-state index in [9.17, 15) is 4.55 Å². The molecule has 0 radical (unpaired) electrons. The monoisotopic (exact) mass is 337 g/mol. The summed E-state index contributed by atoms with van der Waals surface area (Å²) in [5, 5.41) is 0. The van der Waals surface area contributed by atoms with Crippen LogP contribution in [0.25, 0.3) is 0 Å². The minimum absolute atomic E-state index is 0.174. The summed E-state index contributed by atoms with van der Waals surface area (Å²) in [6.07, 6.45) is 2.84. The van der Waals surface area contributed by atoms with Crippen LogP contribution >= 0.6 is 0 Å². The van der Waals surface area contributed by atoms with E-state index in [2.05, 4.69) is 29.5 Å². The van der Waals surface area contributed by atoms with Gasteiger partial charge in [0.1, 0.15) is 21.9 Å². The average molecular weight is 338 g/mol. The van der Waals surface area contributed by atoms with E-state index in [1.165, 1.54) is 11.1 Å². The first-order chi connectivity index (χ1) is 10.6. The third kappa shape index (κ3) is 6.96. The van der Waals surface area contributed by atoms with Crippen LogP contribution in [0.4, 0.5) is 0 Å². The highest BCUT2D eigenvalue weighted by Gasteiger charge is 2.26. The lowest BCUT2D eigenvalue weighted by Gasteiger charge is -2.19. The summed E-state index contributed by atoms with van der Waals surface area (Å²) >= 11 is -1.18. The Morgan fingerprint density at radius 2 is 1.96 bits per heavy atom. The zero-order valence-electron chi connectivity index (χ0n) is 15.6. The molecular weight excluding hydrogens is 306 g/mol. The van der Waals surface area contributed by atoms with Crippen LogP contribution < -0.4 is 4.74 Å². The maximum absolute atomic E-state index is 12.0. The van der Waals surface area contributed by atoms with E-state index in [1.807, 2.05) is 41.5 Å². The highest BCUT2D eigenvalue weighted by molar-refractivity contribution is 7.91. The predicted octanol–water partition coefficient (Wildman–Crippen LogP) is 4.89. The Hall–Kier alpha value is -1.00. The minimum atomic E-state index is -1.18. The van der Waals surface area contributed by atoms with E-state index in [-0.39, 0.29) is 10.9 Å². The van der Waals surface area contributed by atoms with Gasteiger partial charge in [0.05, 0.1) is 11.8 Å². The van der Waals surface area contributed by atoms with Crippen molar-refractivity contribution < 1.29 is 9.29 Å². The quantitative estimate of drug-likeness (QED) is 0.525. The first kappa shape index (κ1) is 20.0. The van der Waals surface area contributed by atoms with Crippen molar-refractivity contribution in [3.05, 3.63) is 29.3 Å². The fourth-order valence-electron chi connectivity index (χ4n) is 2.06. The van der Waals surface area contributed by atoms with Gasteiger partial charge in [0.15, 0.2) is 0 Å². The van der Waals surface area contributed by atoms with Crippen LogP contribution in [-0.4, -0.2) is 21.1 Å². The highest BCUT2D eigenvalue weighted by Crippen LogP contribution is 2.23.